The highest BCUT2D eigenvalue weighted by molar-refractivity contribution is 6.10. The standard InChI is InChI=1S/C18H14N6O3/c19-17(27)16-14(15-12(26)2-1-7-20-15)13-11(8-21-18(13)24-23-16)22-9-3-5-10(25)6-4-9/h1-8,22,25-26H,(H2,19,27)(H,21,24). The number of hydrogen-bond donors (Lipinski definition) is 5. The number of phenolic OH excluding ortho intramolecular Hbond substituents is 1. The normalized spacial score (nSPS) is 10.8. The maximum Gasteiger partial charge on any atom is 0.269 e. The van der Waals surface area contributed by atoms with Crippen molar-refractivity contribution in [3.05, 3.63) is 54.5 Å². The van der Waals surface area contributed by atoms with Crippen molar-refractivity contribution in [1.82, 2.24) is 20.2 Å². The highest BCUT2D eigenvalue weighted by Crippen LogP contribution is 2.38. The fourth-order valence-corrected chi connectivity index (χ4v) is 2.80. The third-order valence-corrected chi connectivity index (χ3v) is 4.00. The largest absolute Gasteiger partial charge is 0.508 e. The van der Waals surface area contributed by atoms with Crippen LogP contribution < -0.4 is 11.1 Å². The molecule has 0 saturated carbocycles. The predicted molar refractivity (Wildman–Crippen MR) is 98.7 cm³/mol. The van der Waals surface area contributed by atoms with Crippen LogP contribution in [0.3, 0.4) is 0 Å². The third-order valence-electron chi connectivity index (χ3n) is 4.00. The first-order chi connectivity index (χ1) is 13.0. The molecule has 0 aliphatic heterocycles. The Hall–Kier alpha value is -4.14. The quantitative estimate of drug-likeness (QED) is 0.349. The molecule has 9 nitrogen and oxygen atoms in total. The number of rotatable bonds is 4. The number of aromatic nitrogens is 4. The van der Waals surface area contributed by atoms with Gasteiger partial charge in [-0.05, 0) is 36.4 Å². The number of hydrogen-bond acceptors (Lipinski definition) is 7. The van der Waals surface area contributed by atoms with Crippen molar-refractivity contribution < 1.29 is 15.0 Å². The molecule has 4 rings (SSSR count). The summed E-state index contributed by atoms with van der Waals surface area (Å²) in [6.07, 6.45) is 3.15. The number of nitrogens with zero attached hydrogens (tertiary/aromatic N) is 3. The number of carbonyl (C=O) groups excluding carboxylic acids is 1. The van der Waals surface area contributed by atoms with Gasteiger partial charge in [0.1, 0.15) is 17.2 Å². The van der Waals surface area contributed by atoms with Crippen LogP contribution in [0.2, 0.25) is 0 Å². The van der Waals surface area contributed by atoms with E-state index in [9.17, 15) is 15.0 Å². The minimum absolute atomic E-state index is 0.107. The second-order valence-electron chi connectivity index (χ2n) is 5.76. The van der Waals surface area contributed by atoms with Crippen molar-refractivity contribution in [2.75, 3.05) is 5.32 Å². The molecule has 4 aromatic rings. The van der Waals surface area contributed by atoms with Crippen LogP contribution in [0, 0.1) is 0 Å². The minimum atomic E-state index is -0.791. The van der Waals surface area contributed by atoms with Gasteiger partial charge in [-0.15, -0.1) is 10.2 Å². The number of nitrogens with one attached hydrogen (secondary N) is 2. The van der Waals surface area contributed by atoms with Gasteiger partial charge in [0.15, 0.2) is 11.3 Å². The number of H-pyrrole nitrogens is 1. The molecule has 1 aromatic carbocycles. The molecule has 0 aliphatic carbocycles. The zero-order valence-electron chi connectivity index (χ0n) is 13.8. The number of anilines is 2. The summed E-state index contributed by atoms with van der Waals surface area (Å²) < 4.78 is 0. The molecule has 27 heavy (non-hydrogen) atoms. The molecule has 0 bridgehead atoms. The highest BCUT2D eigenvalue weighted by atomic mass is 16.3. The van der Waals surface area contributed by atoms with Crippen LogP contribution in [-0.2, 0) is 0 Å². The first kappa shape index (κ1) is 16.3. The number of carbonyl (C=O) groups is 1. The van der Waals surface area contributed by atoms with E-state index in [1.807, 2.05) is 0 Å². The maximum atomic E-state index is 11.9. The molecule has 0 spiro atoms. The van der Waals surface area contributed by atoms with Crippen molar-refractivity contribution in [2.45, 2.75) is 0 Å². The first-order valence-electron chi connectivity index (χ1n) is 7.92. The monoisotopic (exact) mass is 362 g/mol. The minimum Gasteiger partial charge on any atom is -0.508 e. The Bertz CT molecular complexity index is 1150. The van der Waals surface area contributed by atoms with Crippen molar-refractivity contribution >= 4 is 28.3 Å². The van der Waals surface area contributed by atoms with Gasteiger partial charge in [-0.3, -0.25) is 9.78 Å². The van der Waals surface area contributed by atoms with E-state index >= 15 is 0 Å². The van der Waals surface area contributed by atoms with Crippen molar-refractivity contribution in [3.8, 4) is 22.8 Å². The second kappa shape index (κ2) is 6.30. The first-order valence-corrected chi connectivity index (χ1v) is 7.92. The molecule has 0 aliphatic rings. The summed E-state index contributed by atoms with van der Waals surface area (Å²) in [6.45, 7) is 0. The number of nitrogens with two attached hydrogens (primary N) is 1. The van der Waals surface area contributed by atoms with E-state index in [1.165, 1.54) is 24.4 Å². The number of phenols is 1. The van der Waals surface area contributed by atoms with Crippen LogP contribution in [0.25, 0.3) is 22.3 Å². The SMILES string of the molecule is NC(=O)c1nnc2[nH]cc(Nc3ccc(O)cc3)c2c1-c1ncccc1O. The summed E-state index contributed by atoms with van der Waals surface area (Å²) in [4.78, 5) is 19.1. The van der Waals surface area contributed by atoms with E-state index in [4.69, 9.17) is 5.73 Å². The van der Waals surface area contributed by atoms with Gasteiger partial charge >= 0.3 is 0 Å². The van der Waals surface area contributed by atoms with Crippen LogP contribution in [0.4, 0.5) is 11.4 Å². The molecule has 3 aromatic heterocycles. The molecule has 0 unspecified atom stereocenters. The molecule has 0 atom stereocenters. The summed E-state index contributed by atoms with van der Waals surface area (Å²) in [6, 6.07) is 9.49. The smallest absolute Gasteiger partial charge is 0.269 e. The fraction of sp³-hybridized carbons (Fsp3) is 0. The Kier molecular flexibility index (Phi) is 3.81. The molecule has 134 valence electrons. The van der Waals surface area contributed by atoms with E-state index in [2.05, 4.69) is 25.5 Å². The number of pyridine rings is 1. The summed E-state index contributed by atoms with van der Waals surface area (Å²) in [5.41, 5.74) is 7.47. The van der Waals surface area contributed by atoms with Crippen LogP contribution in [-0.4, -0.2) is 36.3 Å². The molecule has 1 amide bonds. The Labute approximate surface area is 152 Å². The van der Waals surface area contributed by atoms with Crippen molar-refractivity contribution in [2.24, 2.45) is 5.73 Å². The average Bonchev–Trinajstić information content (AvgIpc) is 3.06. The molecule has 0 radical (unpaired) electrons. The topological polar surface area (TPSA) is 150 Å². The Morgan fingerprint density at radius 3 is 2.59 bits per heavy atom. The number of primary amides is 1. The molecular weight excluding hydrogens is 348 g/mol. The number of aromatic amines is 1. The van der Waals surface area contributed by atoms with E-state index in [1.54, 1.807) is 24.4 Å². The van der Waals surface area contributed by atoms with E-state index in [0.29, 0.717) is 22.4 Å². The lowest BCUT2D eigenvalue weighted by Gasteiger charge is -2.11. The third kappa shape index (κ3) is 2.86. The average molecular weight is 362 g/mol. The Morgan fingerprint density at radius 1 is 1.11 bits per heavy atom. The van der Waals surface area contributed by atoms with Crippen LogP contribution in [0.1, 0.15) is 10.5 Å². The van der Waals surface area contributed by atoms with Gasteiger partial charge in [0.25, 0.3) is 5.91 Å². The van der Waals surface area contributed by atoms with Gasteiger partial charge in [0.05, 0.1) is 16.6 Å². The Balaban J connectivity index is 1.97. The van der Waals surface area contributed by atoms with Crippen LogP contribution in [0.5, 0.6) is 11.5 Å². The predicted octanol–water partition coefficient (Wildman–Crippen LogP) is 2.27. The van der Waals surface area contributed by atoms with E-state index in [0.717, 1.165) is 0 Å². The van der Waals surface area contributed by atoms with Gasteiger partial charge < -0.3 is 26.2 Å². The molecule has 0 fully saturated rings. The Morgan fingerprint density at radius 2 is 1.89 bits per heavy atom. The fourth-order valence-electron chi connectivity index (χ4n) is 2.80. The lowest BCUT2D eigenvalue weighted by Crippen LogP contribution is -2.16. The summed E-state index contributed by atoms with van der Waals surface area (Å²) in [7, 11) is 0. The van der Waals surface area contributed by atoms with Gasteiger partial charge in [0.2, 0.25) is 0 Å². The van der Waals surface area contributed by atoms with E-state index in [-0.39, 0.29) is 28.5 Å². The highest BCUT2D eigenvalue weighted by Gasteiger charge is 2.23. The second-order valence-corrected chi connectivity index (χ2v) is 5.76. The molecule has 3 heterocycles. The molecular formula is C18H14N6O3. The molecule has 0 saturated heterocycles. The lowest BCUT2D eigenvalue weighted by molar-refractivity contribution is 0.0995. The van der Waals surface area contributed by atoms with Gasteiger partial charge in [-0.1, -0.05) is 0 Å². The number of benzene rings is 1. The number of aromatic hydroxyl groups is 2. The van der Waals surface area contributed by atoms with Crippen molar-refractivity contribution in [3.63, 3.8) is 0 Å². The van der Waals surface area contributed by atoms with Crippen molar-refractivity contribution in [1.29, 1.82) is 0 Å². The maximum absolute atomic E-state index is 11.9. The number of amides is 1. The molecule has 6 N–H and O–H groups in total. The van der Waals surface area contributed by atoms with Gasteiger partial charge in [-0.2, -0.15) is 0 Å². The molecule has 9 heteroatoms. The van der Waals surface area contributed by atoms with Crippen LogP contribution >= 0.6 is 0 Å². The zero-order chi connectivity index (χ0) is 19.0. The van der Waals surface area contributed by atoms with Gasteiger partial charge in [0, 0.05) is 18.1 Å². The number of fused-ring (bicyclic) bond motifs is 1. The lowest BCUT2D eigenvalue weighted by atomic mass is 10.0. The summed E-state index contributed by atoms with van der Waals surface area (Å²) >= 11 is 0. The van der Waals surface area contributed by atoms with Gasteiger partial charge in [-0.25, -0.2) is 0 Å². The summed E-state index contributed by atoms with van der Waals surface area (Å²) in [5.74, 6) is -0.771. The van der Waals surface area contributed by atoms with Crippen LogP contribution in [0.15, 0.2) is 48.8 Å². The van der Waals surface area contributed by atoms with E-state index < -0.39 is 5.91 Å². The summed E-state index contributed by atoms with van der Waals surface area (Å²) in [5, 5.41) is 31.3. The zero-order valence-corrected chi connectivity index (χ0v) is 13.8.